The quantitative estimate of drug-likeness (QED) is 0.779. The SMILES string of the molecule is CCCCN(Cc1cc(F)cc(C#N)c1)c1ccccc1. The molecule has 0 unspecified atom stereocenters. The maximum Gasteiger partial charge on any atom is 0.124 e. The van der Waals surface area contributed by atoms with Crippen LogP contribution in [0.2, 0.25) is 0 Å². The Bertz CT molecular complexity index is 617. The van der Waals surface area contributed by atoms with Gasteiger partial charge in [-0.25, -0.2) is 4.39 Å². The lowest BCUT2D eigenvalue weighted by Crippen LogP contribution is -2.23. The number of nitriles is 1. The summed E-state index contributed by atoms with van der Waals surface area (Å²) < 4.78 is 13.5. The molecular formula is C18H19FN2. The third-order valence-corrected chi connectivity index (χ3v) is 3.36. The molecule has 0 aliphatic carbocycles. The highest BCUT2D eigenvalue weighted by Gasteiger charge is 2.08. The lowest BCUT2D eigenvalue weighted by molar-refractivity contribution is 0.623. The fraction of sp³-hybridized carbons (Fsp3) is 0.278. The molecule has 0 amide bonds. The number of rotatable bonds is 6. The molecule has 2 rings (SSSR count). The summed E-state index contributed by atoms with van der Waals surface area (Å²) in [6.45, 7) is 3.68. The van der Waals surface area contributed by atoms with Gasteiger partial charge in [0.05, 0.1) is 11.6 Å². The van der Waals surface area contributed by atoms with Crippen LogP contribution in [0.5, 0.6) is 0 Å². The molecule has 0 aliphatic rings. The molecule has 0 saturated heterocycles. The second kappa shape index (κ2) is 7.44. The Balaban J connectivity index is 2.23. The zero-order valence-corrected chi connectivity index (χ0v) is 12.2. The number of anilines is 1. The maximum atomic E-state index is 13.5. The van der Waals surface area contributed by atoms with Gasteiger partial charge < -0.3 is 4.90 Å². The number of unbranched alkanes of at least 4 members (excludes halogenated alkanes) is 1. The molecule has 0 aromatic heterocycles. The first kappa shape index (κ1) is 15.1. The van der Waals surface area contributed by atoms with Crippen LogP contribution in [0.15, 0.2) is 48.5 Å². The minimum Gasteiger partial charge on any atom is -0.367 e. The van der Waals surface area contributed by atoms with E-state index in [4.69, 9.17) is 5.26 Å². The molecule has 0 saturated carbocycles. The van der Waals surface area contributed by atoms with Gasteiger partial charge in [0, 0.05) is 18.8 Å². The molecule has 2 aromatic carbocycles. The van der Waals surface area contributed by atoms with E-state index < -0.39 is 0 Å². The Labute approximate surface area is 125 Å². The lowest BCUT2D eigenvalue weighted by Gasteiger charge is -2.25. The van der Waals surface area contributed by atoms with E-state index in [9.17, 15) is 4.39 Å². The Morgan fingerprint density at radius 3 is 2.57 bits per heavy atom. The number of benzene rings is 2. The molecule has 2 aromatic rings. The molecule has 2 nitrogen and oxygen atoms in total. The molecule has 0 spiro atoms. The molecule has 0 bridgehead atoms. The zero-order valence-electron chi connectivity index (χ0n) is 12.2. The van der Waals surface area contributed by atoms with E-state index in [1.54, 1.807) is 6.07 Å². The van der Waals surface area contributed by atoms with Crippen LogP contribution in [-0.2, 0) is 6.54 Å². The highest BCUT2D eigenvalue weighted by Crippen LogP contribution is 2.19. The van der Waals surface area contributed by atoms with E-state index in [0.29, 0.717) is 12.1 Å². The summed E-state index contributed by atoms with van der Waals surface area (Å²) in [4.78, 5) is 2.22. The summed E-state index contributed by atoms with van der Waals surface area (Å²) in [5.41, 5.74) is 2.31. The second-order valence-electron chi connectivity index (χ2n) is 5.07. The zero-order chi connectivity index (χ0) is 15.1. The van der Waals surface area contributed by atoms with Gasteiger partial charge in [-0.15, -0.1) is 0 Å². The van der Waals surface area contributed by atoms with E-state index in [1.807, 2.05) is 24.3 Å². The highest BCUT2D eigenvalue weighted by molar-refractivity contribution is 5.47. The smallest absolute Gasteiger partial charge is 0.124 e. The van der Waals surface area contributed by atoms with Gasteiger partial charge in [0.25, 0.3) is 0 Å². The van der Waals surface area contributed by atoms with Crippen molar-refractivity contribution >= 4 is 5.69 Å². The van der Waals surface area contributed by atoms with Crippen molar-refractivity contribution < 1.29 is 4.39 Å². The van der Waals surface area contributed by atoms with Gasteiger partial charge in [-0.1, -0.05) is 31.5 Å². The normalized spacial score (nSPS) is 10.1. The van der Waals surface area contributed by atoms with Crippen molar-refractivity contribution in [2.45, 2.75) is 26.3 Å². The summed E-state index contributed by atoms with van der Waals surface area (Å²) >= 11 is 0. The molecule has 3 heteroatoms. The maximum absolute atomic E-state index is 13.5. The molecule has 0 heterocycles. The van der Waals surface area contributed by atoms with Gasteiger partial charge in [0.2, 0.25) is 0 Å². The Morgan fingerprint density at radius 1 is 1.14 bits per heavy atom. The fourth-order valence-electron chi connectivity index (χ4n) is 2.31. The minimum atomic E-state index is -0.354. The number of nitrogens with zero attached hydrogens (tertiary/aromatic N) is 2. The topological polar surface area (TPSA) is 27.0 Å². The van der Waals surface area contributed by atoms with Gasteiger partial charge in [0.15, 0.2) is 0 Å². The minimum absolute atomic E-state index is 0.354. The van der Waals surface area contributed by atoms with Crippen molar-refractivity contribution in [1.82, 2.24) is 0 Å². The van der Waals surface area contributed by atoms with Crippen LogP contribution in [-0.4, -0.2) is 6.54 Å². The molecule has 0 radical (unpaired) electrons. The summed E-state index contributed by atoms with van der Waals surface area (Å²) in [7, 11) is 0. The third-order valence-electron chi connectivity index (χ3n) is 3.36. The fourth-order valence-corrected chi connectivity index (χ4v) is 2.31. The largest absolute Gasteiger partial charge is 0.367 e. The number of hydrogen-bond acceptors (Lipinski definition) is 2. The molecular weight excluding hydrogens is 263 g/mol. The first-order valence-corrected chi connectivity index (χ1v) is 7.22. The van der Waals surface area contributed by atoms with Crippen LogP contribution < -0.4 is 4.90 Å². The average Bonchev–Trinajstić information content (AvgIpc) is 2.51. The van der Waals surface area contributed by atoms with Crippen LogP contribution in [0.1, 0.15) is 30.9 Å². The Hall–Kier alpha value is -2.34. The average molecular weight is 282 g/mol. The van der Waals surface area contributed by atoms with E-state index in [0.717, 1.165) is 30.6 Å². The Morgan fingerprint density at radius 2 is 1.90 bits per heavy atom. The van der Waals surface area contributed by atoms with E-state index in [-0.39, 0.29) is 5.82 Å². The highest BCUT2D eigenvalue weighted by atomic mass is 19.1. The van der Waals surface area contributed by atoms with Crippen molar-refractivity contribution in [3.8, 4) is 6.07 Å². The molecule has 108 valence electrons. The monoisotopic (exact) mass is 282 g/mol. The first-order chi connectivity index (χ1) is 10.2. The second-order valence-corrected chi connectivity index (χ2v) is 5.07. The predicted molar refractivity (Wildman–Crippen MR) is 83.5 cm³/mol. The van der Waals surface area contributed by atoms with E-state index >= 15 is 0 Å². The van der Waals surface area contributed by atoms with Crippen LogP contribution in [0.25, 0.3) is 0 Å². The molecule has 0 atom stereocenters. The predicted octanol–water partition coefficient (Wildman–Crippen LogP) is 4.50. The van der Waals surface area contributed by atoms with E-state index in [2.05, 4.69) is 24.0 Å². The van der Waals surface area contributed by atoms with Gasteiger partial charge in [-0.2, -0.15) is 5.26 Å². The van der Waals surface area contributed by atoms with Crippen molar-refractivity contribution in [1.29, 1.82) is 5.26 Å². The summed E-state index contributed by atoms with van der Waals surface area (Å²) in [6, 6.07) is 16.6. The standard InChI is InChI=1S/C18H19FN2/c1-2-3-9-21(18-7-5-4-6-8-18)14-16-10-15(13-20)11-17(19)12-16/h4-8,10-12H,2-3,9,14H2,1H3. The third kappa shape index (κ3) is 4.32. The van der Waals surface area contributed by atoms with Crippen LogP contribution >= 0.6 is 0 Å². The first-order valence-electron chi connectivity index (χ1n) is 7.22. The molecule has 0 N–H and O–H groups in total. The molecule has 0 fully saturated rings. The van der Waals surface area contributed by atoms with Gasteiger partial charge >= 0.3 is 0 Å². The van der Waals surface area contributed by atoms with Gasteiger partial charge in [0.1, 0.15) is 5.82 Å². The van der Waals surface area contributed by atoms with Crippen LogP contribution in [0, 0.1) is 17.1 Å². The van der Waals surface area contributed by atoms with Crippen LogP contribution in [0.4, 0.5) is 10.1 Å². The number of halogens is 1. The summed E-state index contributed by atoms with van der Waals surface area (Å²) in [5, 5.41) is 8.95. The number of hydrogen-bond donors (Lipinski definition) is 0. The van der Waals surface area contributed by atoms with Crippen molar-refractivity contribution in [2.24, 2.45) is 0 Å². The molecule has 21 heavy (non-hydrogen) atoms. The van der Waals surface area contributed by atoms with Crippen molar-refractivity contribution in [3.05, 3.63) is 65.5 Å². The Kier molecular flexibility index (Phi) is 5.34. The van der Waals surface area contributed by atoms with Crippen molar-refractivity contribution in [2.75, 3.05) is 11.4 Å². The molecule has 0 aliphatic heterocycles. The van der Waals surface area contributed by atoms with E-state index in [1.165, 1.54) is 12.1 Å². The summed E-state index contributed by atoms with van der Waals surface area (Å²) in [6.07, 6.45) is 2.19. The van der Waals surface area contributed by atoms with Crippen molar-refractivity contribution in [3.63, 3.8) is 0 Å². The lowest BCUT2D eigenvalue weighted by atomic mass is 10.1. The van der Waals surface area contributed by atoms with Gasteiger partial charge in [-0.05, 0) is 42.3 Å². The summed E-state index contributed by atoms with van der Waals surface area (Å²) in [5.74, 6) is -0.354. The number of para-hydroxylation sites is 1. The van der Waals surface area contributed by atoms with Gasteiger partial charge in [-0.3, -0.25) is 0 Å². The van der Waals surface area contributed by atoms with Crippen LogP contribution in [0.3, 0.4) is 0 Å².